The van der Waals surface area contributed by atoms with Crippen molar-refractivity contribution in [3.05, 3.63) is 0 Å². The molecule has 0 amide bonds. The Bertz CT molecular complexity index is 247. The minimum absolute atomic E-state index is 0.0291. The van der Waals surface area contributed by atoms with Crippen LogP contribution in [0.2, 0.25) is 0 Å². The average molecular weight is 225 g/mol. The first-order chi connectivity index (χ1) is 6.12. The van der Waals surface area contributed by atoms with E-state index in [1.165, 1.54) is 6.92 Å². The van der Waals surface area contributed by atoms with E-state index in [1.807, 2.05) is 0 Å². The fourth-order valence-electron chi connectivity index (χ4n) is 0.451. The fourth-order valence-corrected chi connectivity index (χ4v) is 1.35. The van der Waals surface area contributed by atoms with Crippen molar-refractivity contribution < 1.29 is 27.8 Å². The highest BCUT2D eigenvalue weighted by Crippen LogP contribution is 2.38. The summed E-state index contributed by atoms with van der Waals surface area (Å²) in [5, 5.41) is 0. The molecule has 0 aromatic carbocycles. The number of carbonyl (C=O) groups excluding carboxylic acids is 1. The van der Waals surface area contributed by atoms with Gasteiger partial charge in [0.25, 0.3) is 7.82 Å². The molecule has 0 aliphatic carbocycles. The summed E-state index contributed by atoms with van der Waals surface area (Å²) in [6.07, 6.45) is 0. The van der Waals surface area contributed by atoms with Crippen LogP contribution >= 0.6 is 7.82 Å². The summed E-state index contributed by atoms with van der Waals surface area (Å²) in [6.45, 7) is 0.733. The number of Topliss-reactive ketones (excluding diaryl/α,β-unsaturated/α-hetero) is 1. The molecule has 0 N–H and O–H groups in total. The Labute approximate surface area is 83.6 Å². The van der Waals surface area contributed by atoms with E-state index in [1.54, 1.807) is 21.1 Å². The van der Waals surface area contributed by atoms with Gasteiger partial charge < -0.3 is 13.9 Å². The molecule has 0 aliphatic heterocycles. The number of rotatable bonds is 6. The number of hydrogen-bond acceptors (Lipinski definition) is 5. The number of carbonyl (C=O) groups is 1. The number of ketones is 1. The molecule has 0 saturated heterocycles. The van der Waals surface area contributed by atoms with Gasteiger partial charge in [0.2, 0.25) is 0 Å². The second kappa shape index (κ2) is 5.00. The second-order valence-electron chi connectivity index (χ2n) is 3.97. The van der Waals surface area contributed by atoms with Gasteiger partial charge in [0.05, 0.1) is 21.1 Å². The van der Waals surface area contributed by atoms with Gasteiger partial charge in [-0.15, -0.1) is 0 Å². The van der Waals surface area contributed by atoms with Crippen LogP contribution in [0.5, 0.6) is 0 Å². The molecular formula is C7H16NO5P. The van der Waals surface area contributed by atoms with Crippen LogP contribution in [-0.4, -0.2) is 44.7 Å². The molecule has 0 heterocycles. The van der Waals surface area contributed by atoms with Crippen LogP contribution in [0.25, 0.3) is 0 Å². The van der Waals surface area contributed by atoms with E-state index >= 15 is 0 Å². The first kappa shape index (κ1) is 13.7. The van der Waals surface area contributed by atoms with Gasteiger partial charge in [-0.2, -0.15) is 0 Å². The smallest absolute Gasteiger partial charge is 0.272 e. The quantitative estimate of drug-likeness (QED) is 0.353. The SMILES string of the molecule is CC(=O)COP(=O)([O-])OC[N+](C)(C)C. The Hall–Kier alpha value is -0.260. The van der Waals surface area contributed by atoms with Crippen molar-refractivity contribution in [1.29, 1.82) is 0 Å². The molecule has 0 aliphatic rings. The number of quaternary nitrogens is 1. The predicted molar refractivity (Wildman–Crippen MR) is 48.2 cm³/mol. The molecule has 1 atom stereocenters. The molecule has 0 rings (SSSR count). The molecule has 0 fully saturated rings. The van der Waals surface area contributed by atoms with Gasteiger partial charge in [0, 0.05) is 0 Å². The molecule has 84 valence electrons. The van der Waals surface area contributed by atoms with Gasteiger partial charge in [-0.1, -0.05) is 0 Å². The predicted octanol–water partition coefficient (Wildman–Crippen LogP) is -0.259. The zero-order valence-corrected chi connectivity index (χ0v) is 9.74. The van der Waals surface area contributed by atoms with Crippen LogP contribution in [0, 0.1) is 0 Å². The monoisotopic (exact) mass is 225 g/mol. The van der Waals surface area contributed by atoms with Crippen LogP contribution in [0.1, 0.15) is 6.92 Å². The van der Waals surface area contributed by atoms with Crippen LogP contribution in [0.4, 0.5) is 0 Å². The van der Waals surface area contributed by atoms with Crippen molar-refractivity contribution in [1.82, 2.24) is 0 Å². The molecule has 0 aromatic heterocycles. The lowest BCUT2D eigenvalue weighted by atomic mass is 10.5. The van der Waals surface area contributed by atoms with E-state index in [0.717, 1.165) is 0 Å². The highest BCUT2D eigenvalue weighted by Gasteiger charge is 2.15. The Morgan fingerprint density at radius 3 is 2.21 bits per heavy atom. The molecule has 0 radical (unpaired) electrons. The highest BCUT2D eigenvalue weighted by molar-refractivity contribution is 7.45. The lowest BCUT2D eigenvalue weighted by Gasteiger charge is -2.28. The molecule has 7 heteroatoms. The van der Waals surface area contributed by atoms with E-state index in [0.29, 0.717) is 4.48 Å². The standard InChI is InChI=1S/C7H16NO5P/c1-7(9)5-12-14(10,11)13-6-8(2,3)4/h5-6H2,1-4H3. The van der Waals surface area contributed by atoms with Gasteiger partial charge >= 0.3 is 0 Å². The maximum absolute atomic E-state index is 11.0. The van der Waals surface area contributed by atoms with Crippen molar-refractivity contribution in [3.63, 3.8) is 0 Å². The van der Waals surface area contributed by atoms with E-state index in [2.05, 4.69) is 9.05 Å². The maximum atomic E-state index is 11.0. The summed E-state index contributed by atoms with van der Waals surface area (Å²) in [4.78, 5) is 21.4. The number of hydrogen-bond donors (Lipinski definition) is 0. The largest absolute Gasteiger partial charge is 0.756 e. The molecule has 14 heavy (non-hydrogen) atoms. The van der Waals surface area contributed by atoms with Crippen molar-refractivity contribution in [2.75, 3.05) is 34.5 Å². The molecule has 0 bridgehead atoms. The lowest BCUT2D eigenvalue weighted by Crippen LogP contribution is -2.37. The van der Waals surface area contributed by atoms with E-state index in [9.17, 15) is 14.3 Å². The summed E-state index contributed by atoms with van der Waals surface area (Å²) in [7, 11) is 0.977. The normalized spacial score (nSPS) is 16.4. The third-order valence-electron chi connectivity index (χ3n) is 1.03. The van der Waals surface area contributed by atoms with Crippen LogP contribution in [-0.2, 0) is 18.4 Å². The van der Waals surface area contributed by atoms with E-state index in [-0.39, 0.29) is 12.5 Å². The summed E-state index contributed by atoms with van der Waals surface area (Å²) in [6, 6.07) is 0. The van der Waals surface area contributed by atoms with Crippen LogP contribution in [0.3, 0.4) is 0 Å². The summed E-state index contributed by atoms with van der Waals surface area (Å²) in [5.41, 5.74) is 0. The summed E-state index contributed by atoms with van der Waals surface area (Å²) < 4.78 is 20.2. The number of nitrogens with zero attached hydrogens (tertiary/aromatic N) is 1. The molecule has 0 spiro atoms. The Balaban J connectivity index is 3.96. The van der Waals surface area contributed by atoms with Gasteiger partial charge in [-0.3, -0.25) is 13.9 Å². The molecule has 0 aromatic rings. The fraction of sp³-hybridized carbons (Fsp3) is 0.857. The lowest BCUT2D eigenvalue weighted by molar-refractivity contribution is -0.887. The van der Waals surface area contributed by atoms with Gasteiger partial charge in [-0.05, 0) is 6.92 Å². The molecule has 0 saturated carbocycles. The summed E-state index contributed by atoms with van der Waals surface area (Å²) in [5.74, 6) is -0.366. The zero-order chi connectivity index (χ0) is 11.4. The number of phosphoric ester groups is 1. The topological polar surface area (TPSA) is 75.7 Å². The van der Waals surface area contributed by atoms with Crippen molar-refractivity contribution in [2.45, 2.75) is 6.92 Å². The summed E-state index contributed by atoms with van der Waals surface area (Å²) >= 11 is 0. The minimum atomic E-state index is -4.33. The maximum Gasteiger partial charge on any atom is 0.272 e. The van der Waals surface area contributed by atoms with Crippen molar-refractivity contribution in [3.8, 4) is 0 Å². The minimum Gasteiger partial charge on any atom is -0.756 e. The Kier molecular flexibility index (Phi) is 4.91. The molecular weight excluding hydrogens is 209 g/mol. The van der Waals surface area contributed by atoms with Gasteiger partial charge in [0.1, 0.15) is 6.61 Å². The van der Waals surface area contributed by atoms with Gasteiger partial charge in [0.15, 0.2) is 12.5 Å². The Morgan fingerprint density at radius 1 is 1.36 bits per heavy atom. The molecule has 6 nitrogen and oxygen atoms in total. The van der Waals surface area contributed by atoms with Crippen molar-refractivity contribution in [2.24, 2.45) is 0 Å². The molecule has 1 unspecified atom stereocenters. The van der Waals surface area contributed by atoms with Crippen LogP contribution in [0.15, 0.2) is 0 Å². The highest BCUT2D eigenvalue weighted by atomic mass is 31.2. The second-order valence-corrected chi connectivity index (χ2v) is 5.38. The Morgan fingerprint density at radius 2 is 1.86 bits per heavy atom. The van der Waals surface area contributed by atoms with Crippen LogP contribution < -0.4 is 4.89 Å². The van der Waals surface area contributed by atoms with E-state index < -0.39 is 14.4 Å². The van der Waals surface area contributed by atoms with Gasteiger partial charge in [-0.25, -0.2) is 0 Å². The third-order valence-corrected chi connectivity index (χ3v) is 1.91. The number of phosphoric acid groups is 1. The zero-order valence-electron chi connectivity index (χ0n) is 8.85. The first-order valence-electron chi connectivity index (χ1n) is 4.02. The first-order valence-corrected chi connectivity index (χ1v) is 5.48. The third kappa shape index (κ3) is 8.34. The van der Waals surface area contributed by atoms with E-state index in [4.69, 9.17) is 0 Å². The van der Waals surface area contributed by atoms with Crippen molar-refractivity contribution >= 4 is 13.6 Å². The average Bonchev–Trinajstić information content (AvgIpc) is 1.97.